The second kappa shape index (κ2) is 6.77. The first-order valence-electron chi connectivity index (χ1n) is 8.50. The minimum absolute atomic E-state index is 0.0466. The first-order chi connectivity index (χ1) is 12.6. The molecule has 1 aromatic heterocycles. The van der Waals surface area contributed by atoms with E-state index in [1.807, 2.05) is 34.5 Å². The summed E-state index contributed by atoms with van der Waals surface area (Å²) in [7, 11) is 0. The van der Waals surface area contributed by atoms with Gasteiger partial charge in [-0.25, -0.2) is 0 Å². The van der Waals surface area contributed by atoms with Gasteiger partial charge in [0.15, 0.2) is 0 Å². The highest BCUT2D eigenvalue weighted by atomic mass is 32.1. The lowest BCUT2D eigenvalue weighted by atomic mass is 10.1. The van der Waals surface area contributed by atoms with Gasteiger partial charge in [0.05, 0.1) is 4.88 Å². The summed E-state index contributed by atoms with van der Waals surface area (Å²) < 4.78 is 0. The van der Waals surface area contributed by atoms with Crippen molar-refractivity contribution in [3.8, 4) is 0 Å². The Labute approximate surface area is 156 Å². The van der Waals surface area contributed by atoms with Crippen LogP contribution in [0.1, 0.15) is 32.5 Å². The van der Waals surface area contributed by atoms with E-state index in [2.05, 4.69) is 18.3 Å². The molecule has 4 nitrogen and oxygen atoms in total. The molecule has 2 aromatic carbocycles. The number of para-hydroxylation sites is 1. The maximum Gasteiger partial charge on any atom is 0.265 e. The van der Waals surface area contributed by atoms with Gasteiger partial charge < -0.3 is 10.2 Å². The van der Waals surface area contributed by atoms with Gasteiger partial charge in [-0.05, 0) is 54.6 Å². The second-order valence-corrected chi connectivity index (χ2v) is 7.32. The van der Waals surface area contributed by atoms with Gasteiger partial charge in [0.25, 0.3) is 11.8 Å². The van der Waals surface area contributed by atoms with Gasteiger partial charge in [-0.15, -0.1) is 11.3 Å². The molecule has 0 unspecified atom stereocenters. The molecule has 0 fully saturated rings. The van der Waals surface area contributed by atoms with Gasteiger partial charge in [-0.2, -0.15) is 0 Å². The van der Waals surface area contributed by atoms with E-state index in [9.17, 15) is 9.59 Å². The van der Waals surface area contributed by atoms with Crippen molar-refractivity contribution in [3.63, 3.8) is 0 Å². The topological polar surface area (TPSA) is 49.4 Å². The van der Waals surface area contributed by atoms with E-state index in [0.717, 1.165) is 12.1 Å². The minimum atomic E-state index is -0.163. The van der Waals surface area contributed by atoms with Crippen molar-refractivity contribution in [3.05, 3.63) is 82.0 Å². The minimum Gasteiger partial charge on any atom is -0.321 e. The third-order valence-corrected chi connectivity index (χ3v) is 5.41. The zero-order valence-electron chi connectivity index (χ0n) is 14.3. The lowest BCUT2D eigenvalue weighted by molar-refractivity contribution is 0.0979. The lowest BCUT2D eigenvalue weighted by Gasteiger charge is -2.23. The molecule has 0 saturated carbocycles. The summed E-state index contributed by atoms with van der Waals surface area (Å²) in [6.45, 7) is 2.06. The summed E-state index contributed by atoms with van der Waals surface area (Å²) in [5, 5.41) is 4.72. The van der Waals surface area contributed by atoms with Crippen LogP contribution in [0.2, 0.25) is 0 Å². The SMILES string of the molecule is C[C@H]1Cc2ccccc2N1C(=O)c1cccc(NC(=O)c2cccs2)c1. The van der Waals surface area contributed by atoms with Crippen molar-refractivity contribution >= 4 is 34.5 Å². The summed E-state index contributed by atoms with van der Waals surface area (Å²) in [6, 6.07) is 18.9. The van der Waals surface area contributed by atoms with Crippen LogP contribution in [-0.4, -0.2) is 17.9 Å². The fourth-order valence-electron chi connectivity index (χ4n) is 3.34. The van der Waals surface area contributed by atoms with Crippen LogP contribution in [0.3, 0.4) is 0 Å². The number of anilines is 2. The van der Waals surface area contributed by atoms with E-state index in [1.165, 1.54) is 16.9 Å². The summed E-state index contributed by atoms with van der Waals surface area (Å²) in [4.78, 5) is 27.8. The molecule has 5 heteroatoms. The van der Waals surface area contributed by atoms with E-state index in [0.29, 0.717) is 16.1 Å². The first-order valence-corrected chi connectivity index (χ1v) is 9.38. The first kappa shape index (κ1) is 16.5. The Morgan fingerprint density at radius 3 is 2.73 bits per heavy atom. The van der Waals surface area contributed by atoms with Crippen LogP contribution in [0.5, 0.6) is 0 Å². The number of carbonyl (C=O) groups excluding carboxylic acids is 2. The molecule has 2 heterocycles. The Bertz CT molecular complexity index is 966. The molecule has 26 heavy (non-hydrogen) atoms. The summed E-state index contributed by atoms with van der Waals surface area (Å²) in [6.07, 6.45) is 0.858. The standard InChI is InChI=1S/C21H18N2O2S/c1-14-12-15-6-2-3-9-18(15)23(14)21(25)16-7-4-8-17(13-16)22-20(24)19-10-5-11-26-19/h2-11,13-14H,12H2,1H3,(H,22,24)/t14-/m0/s1. The monoisotopic (exact) mass is 362 g/mol. The fourth-order valence-corrected chi connectivity index (χ4v) is 3.96. The van der Waals surface area contributed by atoms with Crippen LogP contribution in [0, 0.1) is 0 Å². The summed E-state index contributed by atoms with van der Waals surface area (Å²) in [5.74, 6) is -0.209. The highest BCUT2D eigenvalue weighted by Gasteiger charge is 2.31. The molecule has 0 saturated heterocycles. The van der Waals surface area contributed by atoms with Crippen LogP contribution < -0.4 is 10.2 Å². The third kappa shape index (κ3) is 3.02. The maximum absolute atomic E-state index is 13.1. The lowest BCUT2D eigenvalue weighted by Crippen LogP contribution is -2.35. The molecule has 1 N–H and O–H groups in total. The highest BCUT2D eigenvalue weighted by Crippen LogP contribution is 2.33. The average Bonchev–Trinajstić information content (AvgIpc) is 3.28. The molecule has 1 aliphatic heterocycles. The number of fused-ring (bicyclic) bond motifs is 1. The number of rotatable bonds is 3. The Balaban J connectivity index is 1.59. The van der Waals surface area contributed by atoms with Gasteiger partial charge in [0.2, 0.25) is 0 Å². The van der Waals surface area contributed by atoms with Gasteiger partial charge in [0, 0.05) is 23.0 Å². The van der Waals surface area contributed by atoms with Gasteiger partial charge in [-0.1, -0.05) is 30.3 Å². The van der Waals surface area contributed by atoms with E-state index >= 15 is 0 Å². The largest absolute Gasteiger partial charge is 0.321 e. The molecule has 3 aromatic rings. The Morgan fingerprint density at radius 2 is 1.92 bits per heavy atom. The Hall–Kier alpha value is -2.92. The molecule has 4 rings (SSSR count). The number of thiophene rings is 1. The Kier molecular flexibility index (Phi) is 4.31. The van der Waals surface area contributed by atoms with E-state index in [1.54, 1.807) is 30.3 Å². The Morgan fingerprint density at radius 1 is 1.08 bits per heavy atom. The molecule has 0 bridgehead atoms. The summed E-state index contributed by atoms with van der Waals surface area (Å²) in [5.41, 5.74) is 3.35. The van der Waals surface area contributed by atoms with E-state index in [-0.39, 0.29) is 17.9 Å². The van der Waals surface area contributed by atoms with E-state index < -0.39 is 0 Å². The van der Waals surface area contributed by atoms with Gasteiger partial charge >= 0.3 is 0 Å². The molecule has 1 aliphatic rings. The van der Waals surface area contributed by atoms with Crippen LogP contribution in [0.25, 0.3) is 0 Å². The van der Waals surface area contributed by atoms with Crippen molar-refractivity contribution in [1.82, 2.24) is 0 Å². The van der Waals surface area contributed by atoms with Crippen LogP contribution in [0.15, 0.2) is 66.0 Å². The number of hydrogen-bond acceptors (Lipinski definition) is 3. The number of nitrogens with zero attached hydrogens (tertiary/aromatic N) is 1. The second-order valence-electron chi connectivity index (χ2n) is 6.37. The van der Waals surface area contributed by atoms with Crippen molar-refractivity contribution in [2.45, 2.75) is 19.4 Å². The fraction of sp³-hybridized carbons (Fsp3) is 0.143. The van der Waals surface area contributed by atoms with Crippen molar-refractivity contribution < 1.29 is 9.59 Å². The van der Waals surface area contributed by atoms with Crippen molar-refractivity contribution in [2.75, 3.05) is 10.2 Å². The summed E-state index contributed by atoms with van der Waals surface area (Å²) >= 11 is 1.39. The van der Waals surface area contributed by atoms with Crippen LogP contribution >= 0.6 is 11.3 Å². The predicted octanol–water partition coefficient (Wildman–Crippen LogP) is 4.59. The molecular formula is C21H18N2O2S. The average molecular weight is 362 g/mol. The molecule has 130 valence electrons. The molecule has 0 aliphatic carbocycles. The molecule has 2 amide bonds. The quantitative estimate of drug-likeness (QED) is 0.741. The van der Waals surface area contributed by atoms with Gasteiger partial charge in [0.1, 0.15) is 0 Å². The molecule has 0 radical (unpaired) electrons. The normalized spacial score (nSPS) is 15.6. The van der Waals surface area contributed by atoms with Crippen molar-refractivity contribution in [1.29, 1.82) is 0 Å². The zero-order valence-corrected chi connectivity index (χ0v) is 15.1. The highest BCUT2D eigenvalue weighted by molar-refractivity contribution is 7.12. The molecule has 0 spiro atoms. The zero-order chi connectivity index (χ0) is 18.1. The number of nitrogens with one attached hydrogen (secondary N) is 1. The van der Waals surface area contributed by atoms with Crippen LogP contribution in [-0.2, 0) is 6.42 Å². The van der Waals surface area contributed by atoms with Crippen LogP contribution in [0.4, 0.5) is 11.4 Å². The number of amides is 2. The maximum atomic E-state index is 13.1. The number of benzene rings is 2. The molecular weight excluding hydrogens is 344 g/mol. The third-order valence-electron chi connectivity index (χ3n) is 4.54. The smallest absolute Gasteiger partial charge is 0.265 e. The van der Waals surface area contributed by atoms with Crippen molar-refractivity contribution in [2.24, 2.45) is 0 Å². The van der Waals surface area contributed by atoms with Gasteiger partial charge in [-0.3, -0.25) is 9.59 Å². The number of hydrogen-bond donors (Lipinski definition) is 1. The van der Waals surface area contributed by atoms with E-state index in [4.69, 9.17) is 0 Å². The number of carbonyl (C=O) groups is 2. The molecule has 1 atom stereocenters. The predicted molar refractivity (Wildman–Crippen MR) is 105 cm³/mol.